The maximum Gasteiger partial charge on any atom is 0.255 e. The quantitative estimate of drug-likeness (QED) is 0.439. The van der Waals surface area contributed by atoms with Gasteiger partial charge < -0.3 is 14.8 Å². The minimum Gasteiger partial charge on any atom is -0.454 e. The molecule has 0 saturated carbocycles. The van der Waals surface area contributed by atoms with Gasteiger partial charge in [-0.25, -0.2) is 4.98 Å². The highest BCUT2D eigenvalue weighted by Gasteiger charge is 2.17. The third-order valence-electron chi connectivity index (χ3n) is 5.14. The average molecular weight is 462 g/mol. The van der Waals surface area contributed by atoms with E-state index >= 15 is 0 Å². The largest absolute Gasteiger partial charge is 0.454 e. The number of anilines is 1. The molecule has 33 heavy (non-hydrogen) atoms. The van der Waals surface area contributed by atoms with Crippen LogP contribution < -0.4 is 20.3 Å². The second kappa shape index (κ2) is 8.40. The van der Waals surface area contributed by atoms with Crippen LogP contribution in [0, 0.1) is 13.8 Å². The van der Waals surface area contributed by atoms with Crippen LogP contribution in [0.3, 0.4) is 0 Å². The molecule has 0 bridgehead atoms. The Morgan fingerprint density at radius 1 is 1.21 bits per heavy atom. The topological polar surface area (TPSA) is 111 Å². The van der Waals surface area contributed by atoms with E-state index in [0.29, 0.717) is 34.3 Å². The molecule has 0 atom stereocenters. The Morgan fingerprint density at radius 3 is 2.85 bits per heavy atom. The highest BCUT2D eigenvalue weighted by atomic mass is 32.1. The summed E-state index contributed by atoms with van der Waals surface area (Å²) in [5, 5.41) is 9.34. The molecule has 9 nitrogen and oxygen atoms in total. The number of ether oxygens (including phenoxy) is 2. The number of aromatic nitrogens is 4. The molecule has 0 radical (unpaired) electrons. The van der Waals surface area contributed by atoms with E-state index in [2.05, 4.69) is 20.4 Å². The van der Waals surface area contributed by atoms with Crippen LogP contribution in [-0.2, 0) is 4.79 Å². The Hall–Kier alpha value is -4.18. The van der Waals surface area contributed by atoms with E-state index in [9.17, 15) is 9.59 Å². The van der Waals surface area contributed by atoms with Crippen molar-refractivity contribution in [2.24, 2.45) is 0 Å². The summed E-state index contributed by atoms with van der Waals surface area (Å²) in [5.41, 5.74) is 2.30. The number of benzene rings is 1. The van der Waals surface area contributed by atoms with Gasteiger partial charge in [0.05, 0.1) is 4.88 Å². The summed E-state index contributed by atoms with van der Waals surface area (Å²) >= 11 is 1.52. The van der Waals surface area contributed by atoms with Crippen LogP contribution in [0.5, 0.6) is 11.5 Å². The molecule has 1 aliphatic rings. The summed E-state index contributed by atoms with van der Waals surface area (Å²) in [7, 11) is 0. The van der Waals surface area contributed by atoms with Gasteiger partial charge in [-0.3, -0.25) is 14.6 Å². The normalized spacial score (nSPS) is 12.4. The smallest absolute Gasteiger partial charge is 0.255 e. The number of nitrogens with zero attached hydrogens (tertiary/aromatic N) is 3. The Balaban J connectivity index is 1.45. The molecule has 0 aliphatic carbocycles. The summed E-state index contributed by atoms with van der Waals surface area (Å²) in [6.07, 6.45) is 3.09. The monoisotopic (exact) mass is 461 g/mol. The molecule has 1 aromatic carbocycles. The first-order valence-electron chi connectivity index (χ1n) is 10.1. The van der Waals surface area contributed by atoms with Crippen LogP contribution in [0.4, 0.5) is 5.82 Å². The number of nitrogens with one attached hydrogen (secondary N) is 2. The van der Waals surface area contributed by atoms with Crippen LogP contribution >= 0.6 is 11.3 Å². The Morgan fingerprint density at radius 2 is 2.06 bits per heavy atom. The minimum absolute atomic E-state index is 0.189. The molecule has 4 aromatic rings. The SMILES string of the molecule is Cc1nc(-n2nc(-c3cccs3)cc2NC(=O)C=Cc2ccc3c(c2)OCO3)[nH]c(=O)c1C. The van der Waals surface area contributed by atoms with Gasteiger partial charge in [0, 0.05) is 23.4 Å². The predicted octanol–water partition coefficient (Wildman–Crippen LogP) is 3.68. The van der Waals surface area contributed by atoms with Gasteiger partial charge in [-0.15, -0.1) is 11.3 Å². The fourth-order valence-corrected chi connectivity index (χ4v) is 3.94. The predicted molar refractivity (Wildman–Crippen MR) is 125 cm³/mol. The number of carbonyl (C=O) groups is 1. The molecule has 1 amide bonds. The molecule has 10 heteroatoms. The molecule has 0 spiro atoms. The number of carbonyl (C=O) groups excluding carboxylic acids is 1. The molecule has 166 valence electrons. The molecule has 3 aromatic heterocycles. The second-order valence-corrected chi connectivity index (χ2v) is 8.29. The highest BCUT2D eigenvalue weighted by molar-refractivity contribution is 7.13. The second-order valence-electron chi connectivity index (χ2n) is 7.34. The highest BCUT2D eigenvalue weighted by Crippen LogP contribution is 2.33. The van der Waals surface area contributed by atoms with E-state index in [1.165, 1.54) is 22.1 Å². The van der Waals surface area contributed by atoms with E-state index < -0.39 is 0 Å². The zero-order valence-electron chi connectivity index (χ0n) is 17.8. The third kappa shape index (κ3) is 4.15. The van der Waals surface area contributed by atoms with Crippen molar-refractivity contribution in [3.05, 3.63) is 75.0 Å². The van der Waals surface area contributed by atoms with Crippen molar-refractivity contribution in [3.63, 3.8) is 0 Å². The summed E-state index contributed by atoms with van der Waals surface area (Å²) in [6, 6.07) is 11.0. The maximum atomic E-state index is 12.7. The van der Waals surface area contributed by atoms with Crippen molar-refractivity contribution < 1.29 is 14.3 Å². The molecule has 1 aliphatic heterocycles. The van der Waals surface area contributed by atoms with Gasteiger partial charge in [-0.05, 0) is 49.1 Å². The van der Waals surface area contributed by atoms with Crippen molar-refractivity contribution in [2.75, 3.05) is 12.1 Å². The van der Waals surface area contributed by atoms with E-state index in [1.54, 1.807) is 38.1 Å². The van der Waals surface area contributed by atoms with Gasteiger partial charge in [0.1, 0.15) is 11.5 Å². The number of fused-ring (bicyclic) bond motifs is 1. The molecule has 0 fully saturated rings. The molecule has 0 saturated heterocycles. The maximum absolute atomic E-state index is 12.7. The number of aromatic amines is 1. The van der Waals surface area contributed by atoms with Gasteiger partial charge >= 0.3 is 0 Å². The Bertz CT molecular complexity index is 1440. The van der Waals surface area contributed by atoms with Crippen LogP contribution in [0.15, 0.2) is 52.6 Å². The van der Waals surface area contributed by atoms with Crippen molar-refractivity contribution in [1.29, 1.82) is 0 Å². The molecule has 5 rings (SSSR count). The van der Waals surface area contributed by atoms with Gasteiger partial charge in [-0.1, -0.05) is 12.1 Å². The van der Waals surface area contributed by atoms with Gasteiger partial charge in [0.25, 0.3) is 5.56 Å². The Kier molecular flexibility index (Phi) is 5.27. The van der Waals surface area contributed by atoms with Crippen molar-refractivity contribution >= 4 is 29.1 Å². The van der Waals surface area contributed by atoms with Crippen molar-refractivity contribution in [3.8, 4) is 28.0 Å². The molecule has 4 heterocycles. The number of hydrogen-bond acceptors (Lipinski definition) is 7. The van der Waals surface area contributed by atoms with Crippen LogP contribution in [-0.4, -0.2) is 32.4 Å². The Labute approximate surface area is 192 Å². The van der Waals surface area contributed by atoms with Crippen LogP contribution in [0.2, 0.25) is 0 Å². The summed E-state index contributed by atoms with van der Waals surface area (Å²) < 4.78 is 12.1. The van der Waals surface area contributed by atoms with Gasteiger partial charge in [0.2, 0.25) is 18.6 Å². The number of rotatable bonds is 5. The van der Waals surface area contributed by atoms with Gasteiger partial charge in [-0.2, -0.15) is 9.78 Å². The molecular weight excluding hydrogens is 442 g/mol. The lowest BCUT2D eigenvalue weighted by Crippen LogP contribution is -2.20. The number of aryl methyl sites for hydroxylation is 1. The number of thiophene rings is 1. The van der Waals surface area contributed by atoms with E-state index in [4.69, 9.17) is 9.47 Å². The van der Waals surface area contributed by atoms with E-state index in [1.807, 2.05) is 23.6 Å². The number of amides is 1. The fraction of sp³-hybridized carbons (Fsp3) is 0.130. The molecular formula is C23H19N5O4S. The van der Waals surface area contributed by atoms with Crippen LogP contribution in [0.1, 0.15) is 16.8 Å². The number of H-pyrrole nitrogens is 1. The van der Waals surface area contributed by atoms with E-state index in [0.717, 1.165) is 10.4 Å². The summed E-state index contributed by atoms with van der Waals surface area (Å²) in [6.45, 7) is 3.65. The zero-order valence-corrected chi connectivity index (χ0v) is 18.6. The summed E-state index contributed by atoms with van der Waals surface area (Å²) in [4.78, 5) is 33.1. The van der Waals surface area contributed by atoms with Gasteiger partial charge in [0.15, 0.2) is 11.5 Å². The number of hydrogen-bond donors (Lipinski definition) is 2. The first-order valence-corrected chi connectivity index (χ1v) is 11.0. The van der Waals surface area contributed by atoms with E-state index in [-0.39, 0.29) is 24.2 Å². The van der Waals surface area contributed by atoms with Crippen molar-refractivity contribution in [1.82, 2.24) is 19.7 Å². The fourth-order valence-electron chi connectivity index (χ4n) is 3.26. The lowest BCUT2D eigenvalue weighted by Gasteiger charge is -2.08. The van der Waals surface area contributed by atoms with Crippen LogP contribution in [0.25, 0.3) is 22.6 Å². The standard InChI is InChI=1S/C23H19N5O4S/c1-13-14(2)24-23(26-22(13)30)28-20(11-16(27-28)19-4-3-9-33-19)25-21(29)8-6-15-5-7-17-18(10-15)32-12-31-17/h3-11H,12H2,1-2H3,(H,25,29)(H,24,26,30). The first-order chi connectivity index (χ1) is 16.0. The average Bonchev–Trinajstić information content (AvgIpc) is 3.56. The lowest BCUT2D eigenvalue weighted by molar-refractivity contribution is -0.111. The third-order valence-corrected chi connectivity index (χ3v) is 6.03. The lowest BCUT2D eigenvalue weighted by atomic mass is 10.2. The van der Waals surface area contributed by atoms with Crippen molar-refractivity contribution in [2.45, 2.75) is 13.8 Å². The molecule has 2 N–H and O–H groups in total. The zero-order chi connectivity index (χ0) is 22.9. The molecule has 0 unspecified atom stereocenters. The first kappa shape index (κ1) is 20.7. The summed E-state index contributed by atoms with van der Waals surface area (Å²) in [5.74, 6) is 1.56. The minimum atomic E-state index is -0.363.